The number of methoxy groups -OCH3 is 2. The number of nitrogens with one attached hydrogen (secondary N) is 2. The standard InChI is InChI=1S/C17H19FN2O3/c1-11(21)20-15-6-5-13(22-2)9-16(15)19-10-12-4-7-17(23-3)14(18)8-12/h4-9,19H,10H2,1-3H3,(H,20,21). The molecule has 0 saturated carbocycles. The minimum absolute atomic E-state index is 0.172. The van der Waals surface area contributed by atoms with Gasteiger partial charge in [0.05, 0.1) is 25.6 Å². The van der Waals surface area contributed by atoms with E-state index in [1.165, 1.54) is 20.1 Å². The van der Waals surface area contributed by atoms with E-state index in [9.17, 15) is 9.18 Å². The van der Waals surface area contributed by atoms with Gasteiger partial charge in [0.25, 0.3) is 0 Å². The van der Waals surface area contributed by atoms with Crippen molar-refractivity contribution in [2.75, 3.05) is 24.9 Å². The summed E-state index contributed by atoms with van der Waals surface area (Å²) in [5, 5.41) is 5.91. The van der Waals surface area contributed by atoms with Crippen LogP contribution in [0.4, 0.5) is 15.8 Å². The fourth-order valence-corrected chi connectivity index (χ4v) is 2.11. The zero-order chi connectivity index (χ0) is 16.8. The second-order valence-electron chi connectivity index (χ2n) is 4.92. The molecule has 2 N–H and O–H groups in total. The van der Waals surface area contributed by atoms with Crippen LogP contribution in [0.5, 0.6) is 11.5 Å². The summed E-state index contributed by atoms with van der Waals surface area (Å²) in [6.45, 7) is 1.83. The third kappa shape index (κ3) is 4.35. The van der Waals surface area contributed by atoms with Crippen LogP contribution < -0.4 is 20.1 Å². The lowest BCUT2D eigenvalue weighted by Crippen LogP contribution is -2.09. The van der Waals surface area contributed by atoms with Gasteiger partial charge in [-0.05, 0) is 29.8 Å². The van der Waals surface area contributed by atoms with Crippen molar-refractivity contribution in [1.29, 1.82) is 0 Å². The number of amides is 1. The van der Waals surface area contributed by atoms with E-state index in [4.69, 9.17) is 9.47 Å². The van der Waals surface area contributed by atoms with E-state index in [0.29, 0.717) is 23.7 Å². The molecule has 6 heteroatoms. The summed E-state index contributed by atoms with van der Waals surface area (Å²) in [6, 6.07) is 10.0. The van der Waals surface area contributed by atoms with Gasteiger partial charge < -0.3 is 20.1 Å². The monoisotopic (exact) mass is 318 g/mol. The Morgan fingerprint density at radius 3 is 2.48 bits per heavy atom. The van der Waals surface area contributed by atoms with Crippen LogP contribution in [0.1, 0.15) is 12.5 Å². The Kier molecular flexibility index (Phi) is 5.41. The van der Waals surface area contributed by atoms with Gasteiger partial charge >= 0.3 is 0 Å². The van der Waals surface area contributed by atoms with Gasteiger partial charge in [0.1, 0.15) is 5.75 Å². The van der Waals surface area contributed by atoms with Crippen molar-refractivity contribution in [3.63, 3.8) is 0 Å². The number of anilines is 2. The molecule has 0 atom stereocenters. The second kappa shape index (κ2) is 7.49. The van der Waals surface area contributed by atoms with Gasteiger partial charge in [-0.1, -0.05) is 6.07 Å². The zero-order valence-electron chi connectivity index (χ0n) is 13.3. The summed E-state index contributed by atoms with van der Waals surface area (Å²) >= 11 is 0. The lowest BCUT2D eigenvalue weighted by molar-refractivity contribution is -0.114. The SMILES string of the molecule is COc1ccc(NC(C)=O)c(NCc2ccc(OC)c(F)c2)c1. The molecule has 2 aromatic carbocycles. The fourth-order valence-electron chi connectivity index (χ4n) is 2.11. The average Bonchev–Trinajstić information content (AvgIpc) is 2.53. The molecular weight excluding hydrogens is 299 g/mol. The number of halogens is 1. The molecule has 23 heavy (non-hydrogen) atoms. The minimum Gasteiger partial charge on any atom is -0.497 e. The number of carbonyl (C=O) groups excluding carboxylic acids is 1. The van der Waals surface area contributed by atoms with Gasteiger partial charge in [-0.2, -0.15) is 0 Å². The van der Waals surface area contributed by atoms with E-state index in [1.54, 1.807) is 37.4 Å². The summed E-state index contributed by atoms with van der Waals surface area (Å²) < 4.78 is 23.8. The summed E-state index contributed by atoms with van der Waals surface area (Å²) in [5.74, 6) is 0.268. The van der Waals surface area contributed by atoms with Crippen molar-refractivity contribution in [3.05, 3.63) is 47.8 Å². The quantitative estimate of drug-likeness (QED) is 0.857. The average molecular weight is 318 g/mol. The van der Waals surface area contributed by atoms with Gasteiger partial charge in [-0.15, -0.1) is 0 Å². The predicted molar refractivity (Wildman–Crippen MR) is 87.6 cm³/mol. The summed E-state index contributed by atoms with van der Waals surface area (Å²) in [6.07, 6.45) is 0. The van der Waals surface area contributed by atoms with Crippen LogP contribution >= 0.6 is 0 Å². The van der Waals surface area contributed by atoms with Crippen LogP contribution in [0, 0.1) is 5.82 Å². The van der Waals surface area contributed by atoms with Crippen LogP contribution in [-0.4, -0.2) is 20.1 Å². The van der Waals surface area contributed by atoms with Gasteiger partial charge in [0.2, 0.25) is 5.91 Å². The van der Waals surface area contributed by atoms with Crippen molar-refractivity contribution in [1.82, 2.24) is 0 Å². The molecule has 0 radical (unpaired) electrons. The highest BCUT2D eigenvalue weighted by molar-refractivity contribution is 5.92. The van der Waals surface area contributed by atoms with E-state index in [-0.39, 0.29) is 11.7 Å². The Bertz CT molecular complexity index is 704. The van der Waals surface area contributed by atoms with E-state index in [2.05, 4.69) is 10.6 Å². The Balaban J connectivity index is 2.18. The third-order valence-electron chi connectivity index (χ3n) is 3.24. The van der Waals surface area contributed by atoms with Crippen molar-refractivity contribution in [2.45, 2.75) is 13.5 Å². The number of hydrogen-bond acceptors (Lipinski definition) is 4. The molecule has 0 bridgehead atoms. The first-order valence-electron chi connectivity index (χ1n) is 7.05. The molecule has 0 aliphatic rings. The molecule has 0 aliphatic carbocycles. The van der Waals surface area contributed by atoms with Crippen LogP contribution in [0.25, 0.3) is 0 Å². The maximum atomic E-state index is 13.7. The number of benzene rings is 2. The largest absolute Gasteiger partial charge is 0.497 e. The number of ether oxygens (including phenoxy) is 2. The van der Waals surface area contributed by atoms with E-state index in [1.807, 2.05) is 0 Å². The third-order valence-corrected chi connectivity index (χ3v) is 3.24. The van der Waals surface area contributed by atoms with Crippen molar-refractivity contribution >= 4 is 17.3 Å². The molecule has 0 unspecified atom stereocenters. The molecule has 2 rings (SSSR count). The summed E-state index contributed by atoms with van der Waals surface area (Å²) in [5.41, 5.74) is 2.07. The van der Waals surface area contributed by atoms with Crippen LogP contribution in [0.2, 0.25) is 0 Å². The second-order valence-corrected chi connectivity index (χ2v) is 4.92. The molecule has 2 aromatic rings. The maximum Gasteiger partial charge on any atom is 0.221 e. The highest BCUT2D eigenvalue weighted by atomic mass is 19.1. The topological polar surface area (TPSA) is 59.6 Å². The maximum absolute atomic E-state index is 13.7. The van der Waals surface area contributed by atoms with Crippen LogP contribution in [0.3, 0.4) is 0 Å². The first-order valence-corrected chi connectivity index (χ1v) is 7.05. The predicted octanol–water partition coefficient (Wildman–Crippen LogP) is 3.41. The fraction of sp³-hybridized carbons (Fsp3) is 0.235. The normalized spacial score (nSPS) is 10.1. The Hall–Kier alpha value is -2.76. The Morgan fingerprint density at radius 1 is 1.09 bits per heavy atom. The summed E-state index contributed by atoms with van der Waals surface area (Å²) in [4.78, 5) is 11.3. The highest BCUT2D eigenvalue weighted by Gasteiger charge is 2.08. The van der Waals surface area contributed by atoms with E-state index in [0.717, 1.165) is 5.56 Å². The van der Waals surface area contributed by atoms with Crippen molar-refractivity contribution < 1.29 is 18.7 Å². The van der Waals surface area contributed by atoms with Gasteiger partial charge in [0, 0.05) is 19.5 Å². The molecule has 5 nitrogen and oxygen atoms in total. The molecule has 1 amide bonds. The van der Waals surface area contributed by atoms with Gasteiger partial charge in [0.15, 0.2) is 11.6 Å². The molecule has 0 saturated heterocycles. The van der Waals surface area contributed by atoms with Crippen LogP contribution in [0.15, 0.2) is 36.4 Å². The Labute approximate surface area is 134 Å². The Morgan fingerprint density at radius 2 is 1.87 bits per heavy atom. The number of carbonyl (C=O) groups is 1. The van der Waals surface area contributed by atoms with E-state index >= 15 is 0 Å². The minimum atomic E-state index is -0.417. The number of rotatable bonds is 6. The van der Waals surface area contributed by atoms with Crippen molar-refractivity contribution in [3.8, 4) is 11.5 Å². The first kappa shape index (κ1) is 16.6. The lowest BCUT2D eigenvalue weighted by atomic mass is 10.2. The molecule has 122 valence electrons. The van der Waals surface area contributed by atoms with Gasteiger partial charge in [-0.3, -0.25) is 4.79 Å². The molecule has 0 aliphatic heterocycles. The lowest BCUT2D eigenvalue weighted by Gasteiger charge is -2.14. The molecule has 0 heterocycles. The van der Waals surface area contributed by atoms with Crippen LogP contribution in [-0.2, 0) is 11.3 Å². The van der Waals surface area contributed by atoms with Gasteiger partial charge in [-0.25, -0.2) is 4.39 Å². The zero-order valence-corrected chi connectivity index (χ0v) is 13.3. The first-order chi connectivity index (χ1) is 11.0. The van der Waals surface area contributed by atoms with Crippen molar-refractivity contribution in [2.24, 2.45) is 0 Å². The smallest absolute Gasteiger partial charge is 0.221 e. The molecular formula is C17H19FN2O3. The molecule has 0 aromatic heterocycles. The molecule has 0 fully saturated rings. The summed E-state index contributed by atoms with van der Waals surface area (Å²) in [7, 11) is 2.99. The highest BCUT2D eigenvalue weighted by Crippen LogP contribution is 2.28. The molecule has 0 spiro atoms. The van der Waals surface area contributed by atoms with E-state index < -0.39 is 5.82 Å². The number of hydrogen-bond donors (Lipinski definition) is 2.